The minimum atomic E-state index is 0.192. The number of hydrogen-bond acceptors (Lipinski definition) is 5. The molecule has 0 bridgehead atoms. The van der Waals surface area contributed by atoms with E-state index in [0.29, 0.717) is 19.2 Å². The van der Waals surface area contributed by atoms with E-state index in [1.54, 1.807) is 6.20 Å². The maximum Gasteiger partial charge on any atom is 0.223 e. The van der Waals surface area contributed by atoms with Crippen LogP contribution in [0.2, 0.25) is 0 Å². The van der Waals surface area contributed by atoms with Gasteiger partial charge in [0.05, 0.1) is 19.3 Å². The summed E-state index contributed by atoms with van der Waals surface area (Å²) in [6.45, 7) is 6.18. The highest BCUT2D eigenvalue weighted by atomic mass is 16.5. The SMILES string of the molecule is Cc1ccnc(NC(C)COC2CCOC2)n1. The highest BCUT2D eigenvalue weighted by molar-refractivity contribution is 5.25. The van der Waals surface area contributed by atoms with E-state index in [1.165, 1.54) is 0 Å². The van der Waals surface area contributed by atoms with Gasteiger partial charge >= 0.3 is 0 Å². The van der Waals surface area contributed by atoms with Gasteiger partial charge in [0, 0.05) is 24.5 Å². The van der Waals surface area contributed by atoms with Crippen molar-refractivity contribution < 1.29 is 9.47 Å². The molecular formula is C12H19N3O2. The van der Waals surface area contributed by atoms with Crippen LogP contribution in [0, 0.1) is 6.92 Å². The number of aromatic nitrogens is 2. The molecule has 1 fully saturated rings. The van der Waals surface area contributed by atoms with Gasteiger partial charge in [-0.15, -0.1) is 0 Å². The molecule has 1 aliphatic rings. The van der Waals surface area contributed by atoms with E-state index in [0.717, 1.165) is 18.7 Å². The van der Waals surface area contributed by atoms with Crippen molar-refractivity contribution in [2.45, 2.75) is 32.4 Å². The standard InChI is InChI=1S/C12H19N3O2/c1-9-3-5-13-12(14-9)15-10(2)7-17-11-4-6-16-8-11/h3,5,10-11H,4,6-8H2,1-2H3,(H,13,14,15). The molecule has 1 N–H and O–H groups in total. The van der Waals surface area contributed by atoms with E-state index in [1.807, 2.05) is 13.0 Å². The number of hydrogen-bond donors (Lipinski definition) is 1. The molecule has 2 atom stereocenters. The summed E-state index contributed by atoms with van der Waals surface area (Å²) in [7, 11) is 0. The number of nitrogens with one attached hydrogen (secondary N) is 1. The van der Waals surface area contributed by atoms with Crippen LogP contribution < -0.4 is 5.32 Å². The maximum absolute atomic E-state index is 5.72. The van der Waals surface area contributed by atoms with Crippen molar-refractivity contribution >= 4 is 5.95 Å². The molecule has 0 radical (unpaired) electrons. The Hall–Kier alpha value is -1.20. The minimum Gasteiger partial charge on any atom is -0.379 e. The first kappa shape index (κ1) is 12.3. The molecule has 1 aromatic rings. The monoisotopic (exact) mass is 237 g/mol. The third-order valence-electron chi connectivity index (χ3n) is 2.64. The smallest absolute Gasteiger partial charge is 0.223 e. The van der Waals surface area contributed by atoms with Gasteiger partial charge in [-0.25, -0.2) is 9.97 Å². The predicted octanol–water partition coefficient (Wildman–Crippen LogP) is 1.39. The lowest BCUT2D eigenvalue weighted by Gasteiger charge is -2.16. The van der Waals surface area contributed by atoms with E-state index >= 15 is 0 Å². The fraction of sp³-hybridized carbons (Fsp3) is 0.667. The Morgan fingerprint density at radius 3 is 3.24 bits per heavy atom. The maximum atomic E-state index is 5.72. The highest BCUT2D eigenvalue weighted by Gasteiger charge is 2.17. The minimum absolute atomic E-state index is 0.192. The molecule has 0 spiro atoms. The first-order valence-corrected chi connectivity index (χ1v) is 5.99. The summed E-state index contributed by atoms with van der Waals surface area (Å²) in [5.41, 5.74) is 0.958. The Morgan fingerprint density at radius 2 is 2.53 bits per heavy atom. The third kappa shape index (κ3) is 3.94. The molecule has 0 saturated carbocycles. The molecule has 1 saturated heterocycles. The van der Waals surface area contributed by atoms with Crippen LogP contribution in [-0.2, 0) is 9.47 Å². The molecule has 17 heavy (non-hydrogen) atoms. The van der Waals surface area contributed by atoms with Gasteiger partial charge in [0.25, 0.3) is 0 Å². The second-order valence-electron chi connectivity index (χ2n) is 4.39. The van der Waals surface area contributed by atoms with Gasteiger partial charge in [0.15, 0.2) is 0 Å². The summed E-state index contributed by atoms with van der Waals surface area (Å²) in [5, 5.41) is 3.22. The Kier molecular flexibility index (Phi) is 4.28. The Morgan fingerprint density at radius 1 is 1.65 bits per heavy atom. The number of anilines is 1. The molecule has 1 aliphatic heterocycles. The Labute approximate surface area is 102 Å². The topological polar surface area (TPSA) is 56.3 Å². The van der Waals surface area contributed by atoms with E-state index in [-0.39, 0.29) is 12.1 Å². The zero-order chi connectivity index (χ0) is 12.1. The van der Waals surface area contributed by atoms with E-state index in [9.17, 15) is 0 Å². The number of aryl methyl sites for hydroxylation is 1. The summed E-state index contributed by atoms with van der Waals surface area (Å²) in [4.78, 5) is 8.45. The fourth-order valence-corrected chi connectivity index (χ4v) is 1.71. The van der Waals surface area contributed by atoms with Crippen molar-refractivity contribution in [1.29, 1.82) is 0 Å². The van der Waals surface area contributed by atoms with E-state index in [2.05, 4.69) is 22.2 Å². The normalized spacial score (nSPS) is 21.4. The molecule has 2 heterocycles. The summed E-state index contributed by atoms with van der Waals surface area (Å²) >= 11 is 0. The van der Waals surface area contributed by atoms with Gasteiger partial charge in [0.2, 0.25) is 5.95 Å². The first-order chi connectivity index (χ1) is 8.24. The predicted molar refractivity (Wildman–Crippen MR) is 65.0 cm³/mol. The molecule has 0 aromatic carbocycles. The zero-order valence-corrected chi connectivity index (χ0v) is 10.3. The summed E-state index contributed by atoms with van der Waals surface area (Å²) in [6.07, 6.45) is 2.99. The largest absolute Gasteiger partial charge is 0.379 e. The molecule has 0 aliphatic carbocycles. The molecular weight excluding hydrogens is 218 g/mol. The van der Waals surface area contributed by atoms with Gasteiger partial charge in [0.1, 0.15) is 0 Å². The molecule has 5 heteroatoms. The van der Waals surface area contributed by atoms with Crippen LogP contribution in [-0.4, -0.2) is 41.9 Å². The lowest BCUT2D eigenvalue weighted by molar-refractivity contribution is 0.0394. The van der Waals surface area contributed by atoms with Crippen molar-refractivity contribution in [2.75, 3.05) is 25.1 Å². The van der Waals surface area contributed by atoms with E-state index < -0.39 is 0 Å². The van der Waals surface area contributed by atoms with Crippen LogP contribution in [0.4, 0.5) is 5.95 Å². The summed E-state index contributed by atoms with van der Waals surface area (Å²) < 4.78 is 11.0. The van der Waals surface area contributed by atoms with Crippen LogP contribution in [0.25, 0.3) is 0 Å². The van der Waals surface area contributed by atoms with Crippen molar-refractivity contribution in [3.8, 4) is 0 Å². The van der Waals surface area contributed by atoms with Gasteiger partial charge in [-0.3, -0.25) is 0 Å². The van der Waals surface area contributed by atoms with Gasteiger partial charge in [-0.2, -0.15) is 0 Å². The Balaban J connectivity index is 1.74. The van der Waals surface area contributed by atoms with Crippen LogP contribution in [0.3, 0.4) is 0 Å². The lowest BCUT2D eigenvalue weighted by Crippen LogP contribution is -2.26. The molecule has 2 unspecified atom stereocenters. The Bertz CT molecular complexity index is 353. The van der Waals surface area contributed by atoms with E-state index in [4.69, 9.17) is 9.47 Å². The molecule has 0 amide bonds. The van der Waals surface area contributed by atoms with Crippen LogP contribution >= 0.6 is 0 Å². The highest BCUT2D eigenvalue weighted by Crippen LogP contribution is 2.09. The van der Waals surface area contributed by atoms with Gasteiger partial charge < -0.3 is 14.8 Å². The first-order valence-electron chi connectivity index (χ1n) is 5.99. The van der Waals surface area contributed by atoms with Crippen LogP contribution in [0.1, 0.15) is 19.0 Å². The molecule has 5 nitrogen and oxygen atoms in total. The second kappa shape index (κ2) is 5.93. The zero-order valence-electron chi connectivity index (χ0n) is 10.3. The number of nitrogens with zero attached hydrogens (tertiary/aromatic N) is 2. The van der Waals surface area contributed by atoms with Gasteiger partial charge in [-0.1, -0.05) is 0 Å². The average molecular weight is 237 g/mol. The number of ether oxygens (including phenoxy) is 2. The van der Waals surface area contributed by atoms with Crippen LogP contribution in [0.15, 0.2) is 12.3 Å². The van der Waals surface area contributed by atoms with Crippen molar-refractivity contribution in [3.63, 3.8) is 0 Å². The van der Waals surface area contributed by atoms with Crippen LogP contribution in [0.5, 0.6) is 0 Å². The van der Waals surface area contributed by atoms with Gasteiger partial charge in [-0.05, 0) is 26.3 Å². The summed E-state index contributed by atoms with van der Waals surface area (Å²) in [6, 6.07) is 2.07. The number of rotatable bonds is 5. The average Bonchev–Trinajstić information content (AvgIpc) is 2.79. The van der Waals surface area contributed by atoms with Crippen molar-refractivity contribution in [3.05, 3.63) is 18.0 Å². The second-order valence-corrected chi connectivity index (χ2v) is 4.39. The molecule has 94 valence electrons. The van der Waals surface area contributed by atoms with Crippen molar-refractivity contribution in [2.24, 2.45) is 0 Å². The van der Waals surface area contributed by atoms with Crippen molar-refractivity contribution in [1.82, 2.24) is 9.97 Å². The fourth-order valence-electron chi connectivity index (χ4n) is 1.71. The quantitative estimate of drug-likeness (QED) is 0.838. The third-order valence-corrected chi connectivity index (χ3v) is 2.64. The molecule has 2 rings (SSSR count). The molecule has 1 aromatic heterocycles. The summed E-state index contributed by atoms with van der Waals surface area (Å²) in [5.74, 6) is 0.656. The lowest BCUT2D eigenvalue weighted by atomic mass is 10.3.